The Bertz CT molecular complexity index is 608. The molecule has 0 aliphatic rings. The molecular formula is C15H17N3O. The number of nitrogens with one attached hydrogen (secondary N) is 1. The second kappa shape index (κ2) is 5.44. The van der Waals surface area contributed by atoms with Crippen LogP contribution in [-0.2, 0) is 6.54 Å². The molecular weight excluding hydrogens is 238 g/mol. The molecule has 98 valence electrons. The van der Waals surface area contributed by atoms with Crippen LogP contribution in [-0.4, -0.2) is 5.91 Å². The Labute approximate surface area is 112 Å². The molecule has 1 amide bonds. The lowest BCUT2D eigenvalue weighted by Crippen LogP contribution is -2.12. The first kappa shape index (κ1) is 13.0. The van der Waals surface area contributed by atoms with E-state index in [0.717, 1.165) is 5.69 Å². The highest BCUT2D eigenvalue weighted by atomic mass is 16.1. The van der Waals surface area contributed by atoms with E-state index in [4.69, 9.17) is 11.5 Å². The molecule has 2 rings (SSSR count). The highest BCUT2D eigenvalue weighted by Crippen LogP contribution is 2.21. The van der Waals surface area contributed by atoms with Gasteiger partial charge in [0.1, 0.15) is 0 Å². The Balaban J connectivity index is 2.12. The van der Waals surface area contributed by atoms with Crippen LogP contribution in [0.3, 0.4) is 0 Å². The van der Waals surface area contributed by atoms with Crippen molar-refractivity contribution in [1.82, 2.24) is 0 Å². The van der Waals surface area contributed by atoms with Crippen molar-refractivity contribution in [3.8, 4) is 0 Å². The monoisotopic (exact) mass is 255 g/mol. The molecule has 0 spiro atoms. The molecule has 0 bridgehead atoms. The largest absolute Gasteiger partial charge is 0.397 e. The smallest absolute Gasteiger partial charge is 0.248 e. The molecule has 4 heteroatoms. The van der Waals surface area contributed by atoms with Crippen molar-refractivity contribution >= 4 is 17.3 Å². The first-order valence-corrected chi connectivity index (χ1v) is 6.05. The molecule has 5 N–H and O–H groups in total. The SMILES string of the molecule is Cc1ccccc1CNc1ccc(C(N)=O)cc1N. The number of hydrogen-bond donors (Lipinski definition) is 3. The van der Waals surface area contributed by atoms with Gasteiger partial charge >= 0.3 is 0 Å². The topological polar surface area (TPSA) is 81.1 Å². The summed E-state index contributed by atoms with van der Waals surface area (Å²) in [5.74, 6) is -0.475. The third kappa shape index (κ3) is 3.04. The Morgan fingerprint density at radius 3 is 2.58 bits per heavy atom. The van der Waals surface area contributed by atoms with Crippen molar-refractivity contribution in [3.05, 3.63) is 59.2 Å². The molecule has 19 heavy (non-hydrogen) atoms. The third-order valence-electron chi connectivity index (χ3n) is 3.07. The number of carbonyl (C=O) groups is 1. The van der Waals surface area contributed by atoms with Crippen molar-refractivity contribution in [3.63, 3.8) is 0 Å². The summed E-state index contributed by atoms with van der Waals surface area (Å²) in [6, 6.07) is 13.2. The quantitative estimate of drug-likeness (QED) is 0.733. The highest BCUT2D eigenvalue weighted by Gasteiger charge is 2.05. The average molecular weight is 255 g/mol. The van der Waals surface area contributed by atoms with Crippen LogP contribution >= 0.6 is 0 Å². The van der Waals surface area contributed by atoms with Gasteiger partial charge in [-0.3, -0.25) is 4.79 Å². The van der Waals surface area contributed by atoms with Gasteiger partial charge in [-0.15, -0.1) is 0 Å². The zero-order valence-corrected chi connectivity index (χ0v) is 10.8. The summed E-state index contributed by atoms with van der Waals surface area (Å²) >= 11 is 0. The predicted molar refractivity (Wildman–Crippen MR) is 77.9 cm³/mol. The summed E-state index contributed by atoms with van der Waals surface area (Å²) in [6.45, 7) is 2.75. The van der Waals surface area contributed by atoms with Gasteiger partial charge in [0.15, 0.2) is 0 Å². The first-order valence-electron chi connectivity index (χ1n) is 6.05. The first-order chi connectivity index (χ1) is 9.08. The average Bonchev–Trinajstić information content (AvgIpc) is 2.39. The maximum absolute atomic E-state index is 11.0. The highest BCUT2D eigenvalue weighted by molar-refractivity contribution is 5.94. The summed E-state index contributed by atoms with van der Waals surface area (Å²) in [6.07, 6.45) is 0. The molecule has 0 aromatic heterocycles. The predicted octanol–water partition coefficient (Wildman–Crippen LogP) is 2.29. The lowest BCUT2D eigenvalue weighted by molar-refractivity contribution is 0.100. The Morgan fingerprint density at radius 2 is 1.95 bits per heavy atom. The summed E-state index contributed by atoms with van der Waals surface area (Å²) < 4.78 is 0. The summed E-state index contributed by atoms with van der Waals surface area (Å²) in [7, 11) is 0. The van der Waals surface area contributed by atoms with E-state index < -0.39 is 5.91 Å². The van der Waals surface area contributed by atoms with Gasteiger partial charge < -0.3 is 16.8 Å². The lowest BCUT2D eigenvalue weighted by Gasteiger charge is -2.11. The van der Waals surface area contributed by atoms with E-state index in [-0.39, 0.29) is 0 Å². The second-order valence-electron chi connectivity index (χ2n) is 4.45. The van der Waals surface area contributed by atoms with Crippen LogP contribution in [0.2, 0.25) is 0 Å². The Hall–Kier alpha value is -2.49. The molecule has 0 unspecified atom stereocenters. The second-order valence-corrected chi connectivity index (χ2v) is 4.45. The molecule has 0 saturated heterocycles. The number of carbonyl (C=O) groups excluding carboxylic acids is 1. The Kier molecular flexibility index (Phi) is 3.71. The van der Waals surface area contributed by atoms with E-state index in [0.29, 0.717) is 17.8 Å². The van der Waals surface area contributed by atoms with E-state index >= 15 is 0 Å². The Morgan fingerprint density at radius 1 is 1.21 bits per heavy atom. The molecule has 0 aliphatic carbocycles. The fourth-order valence-electron chi connectivity index (χ4n) is 1.88. The number of anilines is 2. The molecule has 0 heterocycles. The van der Waals surface area contributed by atoms with E-state index in [9.17, 15) is 4.79 Å². The third-order valence-corrected chi connectivity index (χ3v) is 3.07. The van der Waals surface area contributed by atoms with Crippen LogP contribution in [0.25, 0.3) is 0 Å². The number of amides is 1. The van der Waals surface area contributed by atoms with Crippen LogP contribution in [0.4, 0.5) is 11.4 Å². The van der Waals surface area contributed by atoms with E-state index in [2.05, 4.69) is 24.4 Å². The maximum Gasteiger partial charge on any atom is 0.248 e. The molecule has 0 radical (unpaired) electrons. The number of aryl methyl sites for hydroxylation is 1. The number of rotatable bonds is 4. The van der Waals surface area contributed by atoms with Gasteiger partial charge in [-0.2, -0.15) is 0 Å². The molecule has 0 aliphatic heterocycles. The van der Waals surface area contributed by atoms with Crippen molar-refractivity contribution in [1.29, 1.82) is 0 Å². The molecule has 2 aromatic carbocycles. The molecule has 4 nitrogen and oxygen atoms in total. The number of hydrogen-bond acceptors (Lipinski definition) is 3. The van der Waals surface area contributed by atoms with Crippen LogP contribution in [0.5, 0.6) is 0 Å². The number of benzene rings is 2. The van der Waals surface area contributed by atoms with Gasteiger partial charge in [-0.1, -0.05) is 24.3 Å². The minimum absolute atomic E-state index is 0.416. The molecule has 2 aromatic rings. The standard InChI is InChI=1S/C15H17N3O/c1-10-4-2-3-5-12(10)9-18-14-7-6-11(15(17)19)8-13(14)16/h2-8,18H,9,16H2,1H3,(H2,17,19). The number of primary amides is 1. The van der Waals surface area contributed by atoms with Gasteiger partial charge in [0.05, 0.1) is 11.4 Å². The van der Waals surface area contributed by atoms with E-state index in [1.54, 1.807) is 18.2 Å². The number of nitrogen functional groups attached to an aromatic ring is 1. The van der Waals surface area contributed by atoms with Crippen molar-refractivity contribution in [2.75, 3.05) is 11.1 Å². The van der Waals surface area contributed by atoms with Gasteiger partial charge in [0.2, 0.25) is 5.91 Å². The minimum atomic E-state index is -0.475. The molecule has 0 atom stereocenters. The maximum atomic E-state index is 11.0. The minimum Gasteiger partial charge on any atom is -0.397 e. The van der Waals surface area contributed by atoms with Crippen molar-refractivity contribution in [2.24, 2.45) is 5.73 Å². The van der Waals surface area contributed by atoms with Crippen LogP contribution in [0, 0.1) is 6.92 Å². The van der Waals surface area contributed by atoms with Crippen molar-refractivity contribution < 1.29 is 4.79 Å². The van der Waals surface area contributed by atoms with E-state index in [1.165, 1.54) is 11.1 Å². The van der Waals surface area contributed by atoms with Gasteiger partial charge in [-0.25, -0.2) is 0 Å². The lowest BCUT2D eigenvalue weighted by atomic mass is 10.1. The van der Waals surface area contributed by atoms with Gasteiger partial charge in [0.25, 0.3) is 0 Å². The van der Waals surface area contributed by atoms with Crippen molar-refractivity contribution in [2.45, 2.75) is 13.5 Å². The summed E-state index contributed by atoms with van der Waals surface area (Å²) in [4.78, 5) is 11.0. The fraction of sp³-hybridized carbons (Fsp3) is 0.133. The summed E-state index contributed by atoms with van der Waals surface area (Å²) in [5, 5.41) is 3.26. The summed E-state index contributed by atoms with van der Waals surface area (Å²) in [5.41, 5.74) is 15.3. The molecule has 0 fully saturated rings. The molecule has 0 saturated carbocycles. The fourth-order valence-corrected chi connectivity index (χ4v) is 1.88. The number of nitrogens with two attached hydrogens (primary N) is 2. The normalized spacial score (nSPS) is 10.2. The van der Waals surface area contributed by atoms with Gasteiger partial charge in [0, 0.05) is 12.1 Å². The zero-order valence-electron chi connectivity index (χ0n) is 10.8. The van der Waals surface area contributed by atoms with E-state index in [1.807, 2.05) is 12.1 Å². The van der Waals surface area contributed by atoms with Crippen LogP contribution < -0.4 is 16.8 Å². The van der Waals surface area contributed by atoms with Gasteiger partial charge in [-0.05, 0) is 36.2 Å². The van der Waals surface area contributed by atoms with Crippen LogP contribution in [0.15, 0.2) is 42.5 Å². The zero-order chi connectivity index (χ0) is 13.8. The van der Waals surface area contributed by atoms with Crippen LogP contribution in [0.1, 0.15) is 21.5 Å².